The highest BCUT2D eigenvalue weighted by atomic mass is 16.5. The Balaban J connectivity index is 2.09. The molecule has 0 radical (unpaired) electrons. The Bertz CT molecular complexity index is 359. The van der Waals surface area contributed by atoms with Gasteiger partial charge in [-0.1, -0.05) is 6.92 Å². The molecule has 2 aliphatic heterocycles. The predicted molar refractivity (Wildman–Crippen MR) is 71.6 cm³/mol. The molecule has 3 atom stereocenters. The lowest BCUT2D eigenvalue weighted by Crippen LogP contribution is -2.56. The van der Waals surface area contributed by atoms with Crippen molar-refractivity contribution < 1.29 is 14.3 Å². The number of carbonyl (C=O) groups is 2. The standard InChI is InChI=1S/C14H24N2O3/c1-4-12(15-7-5-6-13(15)17)14(18)16-8-11(3)19-9-10(16)2/h10-12H,4-9H2,1-3H3. The van der Waals surface area contributed by atoms with Gasteiger partial charge >= 0.3 is 0 Å². The van der Waals surface area contributed by atoms with E-state index in [9.17, 15) is 9.59 Å². The van der Waals surface area contributed by atoms with E-state index in [1.165, 1.54) is 0 Å². The molecule has 2 rings (SSSR count). The maximum Gasteiger partial charge on any atom is 0.245 e. The number of nitrogens with zero attached hydrogens (tertiary/aromatic N) is 2. The van der Waals surface area contributed by atoms with Crippen molar-refractivity contribution in [2.75, 3.05) is 19.7 Å². The van der Waals surface area contributed by atoms with Crippen LogP contribution in [0.4, 0.5) is 0 Å². The highest BCUT2D eigenvalue weighted by molar-refractivity contribution is 5.88. The molecule has 2 aliphatic rings. The second-order valence-corrected chi connectivity index (χ2v) is 5.60. The smallest absolute Gasteiger partial charge is 0.245 e. The summed E-state index contributed by atoms with van der Waals surface area (Å²) in [6.45, 7) is 7.88. The Hall–Kier alpha value is -1.10. The summed E-state index contributed by atoms with van der Waals surface area (Å²) >= 11 is 0. The third kappa shape index (κ3) is 2.91. The molecule has 5 nitrogen and oxygen atoms in total. The first-order valence-electron chi connectivity index (χ1n) is 7.26. The van der Waals surface area contributed by atoms with Crippen LogP contribution in [0.1, 0.15) is 40.0 Å². The molecule has 2 heterocycles. The van der Waals surface area contributed by atoms with E-state index in [0.717, 1.165) is 13.0 Å². The summed E-state index contributed by atoms with van der Waals surface area (Å²) in [6, 6.07) is -0.196. The third-order valence-corrected chi connectivity index (χ3v) is 4.05. The molecule has 2 saturated heterocycles. The molecule has 0 N–H and O–H groups in total. The molecular weight excluding hydrogens is 244 g/mol. The van der Waals surface area contributed by atoms with Crippen LogP contribution in [0.25, 0.3) is 0 Å². The SMILES string of the molecule is CCC(C(=O)N1CC(C)OCC1C)N1CCCC1=O. The zero-order valence-corrected chi connectivity index (χ0v) is 12.1. The Labute approximate surface area is 114 Å². The largest absolute Gasteiger partial charge is 0.375 e. The average Bonchev–Trinajstić information content (AvgIpc) is 2.80. The van der Waals surface area contributed by atoms with Crippen molar-refractivity contribution in [1.82, 2.24) is 9.80 Å². The second-order valence-electron chi connectivity index (χ2n) is 5.60. The van der Waals surface area contributed by atoms with Gasteiger partial charge in [0.05, 0.1) is 18.8 Å². The summed E-state index contributed by atoms with van der Waals surface area (Å²) in [5.74, 6) is 0.203. The molecular formula is C14H24N2O3. The van der Waals surface area contributed by atoms with Crippen LogP contribution >= 0.6 is 0 Å². The van der Waals surface area contributed by atoms with Crippen LogP contribution in [0.15, 0.2) is 0 Å². The number of hydrogen-bond donors (Lipinski definition) is 0. The van der Waals surface area contributed by atoms with Crippen molar-refractivity contribution >= 4 is 11.8 Å². The molecule has 0 aromatic rings. The molecule has 5 heteroatoms. The molecule has 2 amide bonds. The number of amides is 2. The number of hydrogen-bond acceptors (Lipinski definition) is 3. The Kier molecular flexibility index (Phi) is 4.45. The fourth-order valence-corrected chi connectivity index (χ4v) is 2.93. The number of morpholine rings is 1. The van der Waals surface area contributed by atoms with Gasteiger partial charge < -0.3 is 14.5 Å². The van der Waals surface area contributed by atoms with E-state index in [1.54, 1.807) is 4.90 Å². The normalized spacial score (nSPS) is 29.7. The van der Waals surface area contributed by atoms with Crippen molar-refractivity contribution in [3.05, 3.63) is 0 Å². The first-order chi connectivity index (χ1) is 9.04. The second kappa shape index (κ2) is 5.90. The maximum atomic E-state index is 12.7. The lowest BCUT2D eigenvalue weighted by atomic mass is 10.1. The molecule has 108 valence electrons. The lowest BCUT2D eigenvalue weighted by Gasteiger charge is -2.40. The summed E-state index contributed by atoms with van der Waals surface area (Å²) in [7, 11) is 0. The van der Waals surface area contributed by atoms with Crippen molar-refractivity contribution in [2.45, 2.75) is 58.2 Å². The minimum Gasteiger partial charge on any atom is -0.375 e. The van der Waals surface area contributed by atoms with Crippen LogP contribution in [0.2, 0.25) is 0 Å². The minimum atomic E-state index is -0.289. The van der Waals surface area contributed by atoms with Crippen molar-refractivity contribution in [3.8, 4) is 0 Å². The molecule has 0 saturated carbocycles. The van der Waals surface area contributed by atoms with E-state index < -0.39 is 0 Å². The van der Waals surface area contributed by atoms with Crippen LogP contribution in [-0.2, 0) is 14.3 Å². The first kappa shape index (κ1) is 14.3. The minimum absolute atomic E-state index is 0.0759. The molecule has 2 fully saturated rings. The van der Waals surface area contributed by atoms with Crippen molar-refractivity contribution in [1.29, 1.82) is 0 Å². The Morgan fingerprint density at radius 1 is 1.47 bits per heavy atom. The number of carbonyl (C=O) groups excluding carboxylic acids is 2. The summed E-state index contributed by atoms with van der Waals surface area (Å²) in [5, 5.41) is 0. The maximum absolute atomic E-state index is 12.7. The quantitative estimate of drug-likeness (QED) is 0.768. The van der Waals surface area contributed by atoms with Crippen LogP contribution in [-0.4, -0.2) is 59.5 Å². The molecule has 19 heavy (non-hydrogen) atoms. The van der Waals surface area contributed by atoms with E-state index in [-0.39, 0.29) is 30.0 Å². The molecule has 3 unspecified atom stereocenters. The summed E-state index contributed by atoms with van der Waals surface area (Å²) in [4.78, 5) is 28.2. The summed E-state index contributed by atoms with van der Waals surface area (Å²) in [6.07, 6.45) is 2.21. The summed E-state index contributed by atoms with van der Waals surface area (Å²) in [5.41, 5.74) is 0. The zero-order chi connectivity index (χ0) is 14.0. The molecule has 0 spiro atoms. The van der Waals surface area contributed by atoms with Gasteiger partial charge in [0.15, 0.2) is 0 Å². The lowest BCUT2D eigenvalue weighted by molar-refractivity contribution is -0.152. The number of ether oxygens (including phenoxy) is 1. The van der Waals surface area contributed by atoms with Gasteiger partial charge in [0.2, 0.25) is 11.8 Å². The van der Waals surface area contributed by atoms with Gasteiger partial charge in [-0.15, -0.1) is 0 Å². The Morgan fingerprint density at radius 2 is 2.21 bits per heavy atom. The average molecular weight is 268 g/mol. The van der Waals surface area contributed by atoms with Crippen molar-refractivity contribution in [2.24, 2.45) is 0 Å². The Morgan fingerprint density at radius 3 is 2.79 bits per heavy atom. The van der Waals surface area contributed by atoms with Gasteiger partial charge in [-0.05, 0) is 26.7 Å². The van der Waals surface area contributed by atoms with Gasteiger partial charge in [0, 0.05) is 19.5 Å². The van der Waals surface area contributed by atoms with Gasteiger partial charge in [-0.2, -0.15) is 0 Å². The highest BCUT2D eigenvalue weighted by Crippen LogP contribution is 2.20. The molecule has 0 aromatic heterocycles. The van der Waals surface area contributed by atoms with Crippen LogP contribution < -0.4 is 0 Å². The van der Waals surface area contributed by atoms with E-state index in [0.29, 0.717) is 26.0 Å². The topological polar surface area (TPSA) is 49.9 Å². The predicted octanol–water partition coefficient (Wildman–Crippen LogP) is 1.02. The summed E-state index contributed by atoms with van der Waals surface area (Å²) < 4.78 is 5.56. The monoisotopic (exact) mass is 268 g/mol. The van der Waals surface area contributed by atoms with Crippen LogP contribution in [0, 0.1) is 0 Å². The van der Waals surface area contributed by atoms with Crippen LogP contribution in [0.3, 0.4) is 0 Å². The van der Waals surface area contributed by atoms with Crippen molar-refractivity contribution in [3.63, 3.8) is 0 Å². The highest BCUT2D eigenvalue weighted by Gasteiger charge is 2.37. The fourth-order valence-electron chi connectivity index (χ4n) is 2.93. The van der Waals surface area contributed by atoms with Gasteiger partial charge in [-0.25, -0.2) is 0 Å². The first-order valence-corrected chi connectivity index (χ1v) is 7.26. The zero-order valence-electron chi connectivity index (χ0n) is 12.1. The van der Waals surface area contributed by atoms with Gasteiger partial charge in [-0.3, -0.25) is 9.59 Å². The number of likely N-dealkylation sites (tertiary alicyclic amines) is 1. The van der Waals surface area contributed by atoms with Crippen LogP contribution in [0.5, 0.6) is 0 Å². The molecule has 0 bridgehead atoms. The third-order valence-electron chi connectivity index (χ3n) is 4.05. The fraction of sp³-hybridized carbons (Fsp3) is 0.857. The van der Waals surface area contributed by atoms with E-state index in [2.05, 4.69) is 0 Å². The number of rotatable bonds is 3. The van der Waals surface area contributed by atoms with Gasteiger partial charge in [0.1, 0.15) is 6.04 Å². The molecule has 0 aromatic carbocycles. The molecule has 0 aliphatic carbocycles. The van der Waals surface area contributed by atoms with E-state index >= 15 is 0 Å². The van der Waals surface area contributed by atoms with Gasteiger partial charge in [0.25, 0.3) is 0 Å². The van der Waals surface area contributed by atoms with E-state index in [1.807, 2.05) is 25.7 Å². The van der Waals surface area contributed by atoms with E-state index in [4.69, 9.17) is 4.74 Å².